The fourth-order valence-corrected chi connectivity index (χ4v) is 10.8. The molecule has 76 heavy (non-hydrogen) atoms. The van der Waals surface area contributed by atoms with Gasteiger partial charge in [-0.05, 0) is 44.4 Å². The molecular formula is C51H67ClN12O11S. The van der Waals surface area contributed by atoms with Crippen LogP contribution in [0.5, 0.6) is 0 Å². The number of imide groups is 1. The number of halogens is 1. The Morgan fingerprint density at radius 3 is 2.14 bits per heavy atom. The van der Waals surface area contributed by atoms with Gasteiger partial charge in [0, 0.05) is 92.5 Å². The lowest BCUT2D eigenvalue weighted by Gasteiger charge is -2.41. The fraction of sp³-hybridized carbons (Fsp3) is 0.549. The van der Waals surface area contributed by atoms with E-state index in [4.69, 9.17) is 46.8 Å². The van der Waals surface area contributed by atoms with Gasteiger partial charge in [-0.3, -0.25) is 34.1 Å². The maximum absolute atomic E-state index is 13.4. The molecule has 4 fully saturated rings. The summed E-state index contributed by atoms with van der Waals surface area (Å²) in [6, 6.07) is 9.78. The lowest BCUT2D eigenvalue weighted by molar-refractivity contribution is -0.140. The second kappa shape index (κ2) is 26.9. The van der Waals surface area contributed by atoms with E-state index in [1.165, 1.54) is 18.0 Å². The van der Waals surface area contributed by atoms with Crippen molar-refractivity contribution in [3.05, 3.63) is 64.2 Å². The van der Waals surface area contributed by atoms with Crippen LogP contribution in [0.3, 0.4) is 0 Å². The maximum atomic E-state index is 13.4. The summed E-state index contributed by atoms with van der Waals surface area (Å²) in [4.78, 5) is 91.7. The molecule has 1 spiro atoms. The van der Waals surface area contributed by atoms with Gasteiger partial charge in [0.25, 0.3) is 11.5 Å². The van der Waals surface area contributed by atoms with Crippen LogP contribution in [-0.4, -0.2) is 177 Å². The zero-order valence-corrected chi connectivity index (χ0v) is 44.2. The number of aromatic nitrogens is 4. The number of amides is 5. The summed E-state index contributed by atoms with van der Waals surface area (Å²) in [5.74, 6) is -0.516. The Balaban J connectivity index is 0.629. The predicted molar refractivity (Wildman–Crippen MR) is 284 cm³/mol. The molecule has 0 saturated carbocycles. The van der Waals surface area contributed by atoms with Crippen LogP contribution in [0.2, 0.25) is 5.02 Å². The van der Waals surface area contributed by atoms with Crippen molar-refractivity contribution in [2.75, 3.05) is 127 Å². The Kier molecular flexibility index (Phi) is 19.9. The number of nitrogens with one attached hydrogen (secondary N) is 3. The first-order valence-electron chi connectivity index (χ1n) is 25.8. The third-order valence-corrected chi connectivity index (χ3v) is 15.7. The molecule has 6 heterocycles. The van der Waals surface area contributed by atoms with Gasteiger partial charge >= 0.3 is 0 Å². The summed E-state index contributed by atoms with van der Waals surface area (Å²) in [5.41, 5.74) is 13.4. The van der Waals surface area contributed by atoms with Gasteiger partial charge in [0.2, 0.25) is 23.6 Å². The smallest absolute Gasteiger partial charge is 0.277 e. The minimum absolute atomic E-state index is 0.00924. The average Bonchev–Trinajstić information content (AvgIpc) is 3.70. The normalized spacial score (nSPS) is 19.6. The van der Waals surface area contributed by atoms with Crippen molar-refractivity contribution in [2.24, 2.45) is 11.1 Å². The van der Waals surface area contributed by atoms with E-state index < -0.39 is 17.5 Å². The van der Waals surface area contributed by atoms with Gasteiger partial charge in [-0.2, -0.15) is 5.10 Å². The van der Waals surface area contributed by atoms with Gasteiger partial charge in [0.05, 0.1) is 100 Å². The number of piperidine rings is 2. The summed E-state index contributed by atoms with van der Waals surface area (Å²) in [6.45, 7) is 8.94. The molecule has 8 rings (SSSR count). The van der Waals surface area contributed by atoms with Crippen LogP contribution in [0.15, 0.2) is 63.5 Å². The molecule has 4 saturated heterocycles. The summed E-state index contributed by atoms with van der Waals surface area (Å²) in [6.07, 6.45) is 5.63. The largest absolute Gasteiger partial charge is 0.382 e. The number of anilines is 4. The van der Waals surface area contributed by atoms with Crippen molar-refractivity contribution >= 4 is 86.7 Å². The second-order valence-electron chi connectivity index (χ2n) is 19.1. The highest BCUT2D eigenvalue weighted by molar-refractivity contribution is 7.99. The molecule has 0 aliphatic carbocycles. The molecule has 0 radical (unpaired) electrons. The van der Waals surface area contributed by atoms with Crippen LogP contribution in [0, 0.1) is 5.41 Å². The fourth-order valence-electron chi connectivity index (χ4n) is 9.68. The average molecular weight is 1090 g/mol. The monoisotopic (exact) mass is 1090 g/mol. The molecule has 23 nitrogen and oxygen atoms in total. The number of ether oxygens (including phenoxy) is 5. The first-order chi connectivity index (χ1) is 36.8. The number of piperazine rings is 1. The summed E-state index contributed by atoms with van der Waals surface area (Å²) in [5, 5.41) is 14.3. The van der Waals surface area contributed by atoms with Crippen molar-refractivity contribution < 1.29 is 47.7 Å². The SMILES string of the molecule is C[C@H]1OCC2(CCN(c3cnc(Sc4cccc(NC(=O)CCC(=O)N5CCN(C(=O)CCOCCOCCOCCOCCNc6cccc7cnn(C8CCC(=O)NC8=O)c(=O)c67)CC5)c4Cl)c(N)n3)CC2)[C@H]1N. The first-order valence-corrected chi connectivity index (χ1v) is 26.9. The predicted octanol–water partition coefficient (Wildman–Crippen LogP) is 2.84. The van der Waals surface area contributed by atoms with E-state index in [9.17, 15) is 28.8 Å². The molecular weight excluding hydrogens is 1020 g/mol. The number of rotatable bonds is 24. The van der Waals surface area contributed by atoms with Gasteiger partial charge in [0.15, 0.2) is 5.82 Å². The number of carbonyl (C=O) groups is 5. The lowest BCUT2D eigenvalue weighted by Crippen LogP contribution is -2.50. The number of nitrogen functional groups attached to an aromatic ring is 1. The molecule has 4 aromatic rings. The Hall–Kier alpha value is -5.99. The first kappa shape index (κ1) is 56.2. The number of hydrogen-bond acceptors (Lipinski definition) is 19. The molecule has 4 aliphatic rings. The van der Waals surface area contributed by atoms with Crippen molar-refractivity contribution in [2.45, 2.75) is 80.0 Å². The van der Waals surface area contributed by atoms with E-state index in [1.807, 2.05) is 13.0 Å². The van der Waals surface area contributed by atoms with Gasteiger partial charge in [0.1, 0.15) is 16.9 Å². The number of hydrogen-bond donors (Lipinski definition) is 5. The minimum Gasteiger partial charge on any atom is -0.382 e. The highest BCUT2D eigenvalue weighted by atomic mass is 35.5. The number of fused-ring (bicyclic) bond motifs is 1. The van der Waals surface area contributed by atoms with Crippen LogP contribution >= 0.6 is 23.4 Å². The summed E-state index contributed by atoms with van der Waals surface area (Å²) in [7, 11) is 0. The number of nitrogens with two attached hydrogens (primary N) is 2. The van der Waals surface area contributed by atoms with Gasteiger partial charge < -0.3 is 60.5 Å². The molecule has 410 valence electrons. The van der Waals surface area contributed by atoms with E-state index in [0.29, 0.717) is 128 Å². The lowest BCUT2D eigenvalue weighted by atomic mass is 9.73. The Morgan fingerprint density at radius 2 is 1.49 bits per heavy atom. The van der Waals surface area contributed by atoms with Crippen molar-refractivity contribution in [3.8, 4) is 0 Å². The Labute approximate surface area is 449 Å². The Bertz CT molecular complexity index is 2760. The molecule has 1 unspecified atom stereocenters. The van der Waals surface area contributed by atoms with Crippen LogP contribution in [0.4, 0.5) is 23.0 Å². The quantitative estimate of drug-likeness (QED) is 0.0498. The van der Waals surface area contributed by atoms with Gasteiger partial charge in [-0.1, -0.05) is 41.6 Å². The zero-order valence-electron chi connectivity index (χ0n) is 42.7. The van der Waals surface area contributed by atoms with Crippen molar-refractivity contribution in [1.82, 2.24) is 34.9 Å². The zero-order chi connectivity index (χ0) is 53.6. The highest BCUT2D eigenvalue weighted by Gasteiger charge is 2.47. The number of benzene rings is 2. The number of nitrogens with zero attached hydrogens (tertiary/aromatic N) is 7. The third-order valence-electron chi connectivity index (χ3n) is 14.2. The molecule has 2 aromatic heterocycles. The van der Waals surface area contributed by atoms with Crippen molar-refractivity contribution in [3.63, 3.8) is 0 Å². The van der Waals surface area contributed by atoms with E-state index in [2.05, 4.69) is 35.9 Å². The van der Waals surface area contributed by atoms with E-state index in [0.717, 1.165) is 30.6 Å². The van der Waals surface area contributed by atoms with Crippen LogP contribution in [0.1, 0.15) is 57.9 Å². The van der Waals surface area contributed by atoms with E-state index in [-0.39, 0.29) is 85.7 Å². The molecule has 7 N–H and O–H groups in total. The summed E-state index contributed by atoms with van der Waals surface area (Å²) < 4.78 is 29.4. The standard InChI is InChI=1S/C51H67ClN12O11S/c1-33-46(53)51(32-75-33)13-16-61(17-14-51)39-31-56-49(47(54)59-39)76-38-7-3-6-36(45(38)52)58-40(65)10-11-42(67)62-18-20-63(21-19-62)43(68)12-22-71-24-26-73-28-29-74-27-25-72-23-15-55-35-5-2-4-34-30-57-64(50(70)44(34)35)37-8-9-41(66)60-48(37)69/h2-7,30-31,33,37,46,55H,8-29,32,53H2,1H3,(H2,54,59)(H,58,65)(H,60,66,69)/t33-,37?,46+/m1/s1. The van der Waals surface area contributed by atoms with E-state index in [1.54, 1.807) is 46.3 Å². The molecule has 2 aromatic carbocycles. The minimum atomic E-state index is -0.851. The second-order valence-corrected chi connectivity index (χ2v) is 20.5. The Morgan fingerprint density at radius 1 is 0.842 bits per heavy atom. The summed E-state index contributed by atoms with van der Waals surface area (Å²) >= 11 is 8.00. The molecule has 0 bridgehead atoms. The van der Waals surface area contributed by atoms with Gasteiger partial charge in [-0.25, -0.2) is 14.6 Å². The van der Waals surface area contributed by atoms with Crippen LogP contribution < -0.4 is 37.9 Å². The van der Waals surface area contributed by atoms with Gasteiger partial charge in [-0.15, -0.1) is 0 Å². The molecule has 5 amide bonds. The number of carbonyl (C=O) groups excluding carboxylic acids is 5. The molecule has 4 aliphatic heterocycles. The van der Waals surface area contributed by atoms with E-state index >= 15 is 0 Å². The van der Waals surface area contributed by atoms with Crippen LogP contribution in [-0.2, 0) is 47.7 Å². The van der Waals surface area contributed by atoms with Crippen LogP contribution in [0.25, 0.3) is 10.8 Å². The molecule has 25 heteroatoms. The van der Waals surface area contributed by atoms with Crippen molar-refractivity contribution in [1.29, 1.82) is 0 Å². The maximum Gasteiger partial charge on any atom is 0.277 e. The molecule has 3 atom stereocenters. The highest BCUT2D eigenvalue weighted by Crippen LogP contribution is 2.43. The third kappa shape index (κ3) is 14.3. The topological polar surface area (TPSA) is 290 Å².